The maximum atomic E-state index is 9.36. The number of aryl methyl sites for hydroxylation is 1. The molecule has 2 aromatic carbocycles. The molecule has 0 saturated heterocycles. The molecule has 0 radical (unpaired) electrons. The molecule has 0 amide bonds. The van der Waals surface area contributed by atoms with Gasteiger partial charge in [-0.15, -0.1) is 0 Å². The van der Waals surface area contributed by atoms with E-state index in [0.717, 1.165) is 21.3 Å². The van der Waals surface area contributed by atoms with Gasteiger partial charge in [-0.05, 0) is 48.4 Å². The molecule has 0 fully saturated rings. The summed E-state index contributed by atoms with van der Waals surface area (Å²) in [5, 5.41) is 18.6. The fourth-order valence-corrected chi connectivity index (χ4v) is 1.80. The number of halogens is 1. The van der Waals surface area contributed by atoms with Gasteiger partial charge in [0.2, 0.25) is 0 Å². The summed E-state index contributed by atoms with van der Waals surface area (Å²) in [6, 6.07) is 10.4. The number of benzene rings is 2. The number of phenols is 2. The zero-order valence-corrected chi connectivity index (χ0v) is 11.3. The van der Waals surface area contributed by atoms with Gasteiger partial charge in [-0.3, -0.25) is 4.99 Å². The first-order valence-corrected chi connectivity index (χ1v) is 6.18. The Labute approximate surface area is 114 Å². The maximum absolute atomic E-state index is 9.36. The molecule has 0 bridgehead atoms. The van der Waals surface area contributed by atoms with E-state index in [2.05, 4.69) is 20.9 Å². The van der Waals surface area contributed by atoms with Crippen molar-refractivity contribution in [1.82, 2.24) is 0 Å². The number of nitrogens with zero attached hydrogens (tertiary/aromatic N) is 1. The highest BCUT2D eigenvalue weighted by molar-refractivity contribution is 9.10. The lowest BCUT2D eigenvalue weighted by molar-refractivity contribution is 0.403. The van der Waals surface area contributed by atoms with Crippen LogP contribution in [0.4, 0.5) is 5.69 Å². The van der Waals surface area contributed by atoms with E-state index < -0.39 is 0 Å². The van der Waals surface area contributed by atoms with E-state index in [1.807, 2.05) is 25.1 Å². The summed E-state index contributed by atoms with van der Waals surface area (Å²) in [4.78, 5) is 4.30. The second kappa shape index (κ2) is 5.23. The summed E-state index contributed by atoms with van der Waals surface area (Å²) in [6.07, 6.45) is 1.64. The molecule has 0 heterocycles. The van der Waals surface area contributed by atoms with Gasteiger partial charge < -0.3 is 10.2 Å². The second-order valence-electron chi connectivity index (χ2n) is 3.94. The van der Waals surface area contributed by atoms with E-state index in [9.17, 15) is 10.2 Å². The third-order valence-electron chi connectivity index (χ3n) is 2.52. The Hall–Kier alpha value is -1.81. The molecule has 92 valence electrons. The van der Waals surface area contributed by atoms with E-state index >= 15 is 0 Å². The fraction of sp³-hybridized carbons (Fsp3) is 0.0714. The lowest BCUT2D eigenvalue weighted by Crippen LogP contribution is -1.81. The highest BCUT2D eigenvalue weighted by Crippen LogP contribution is 2.25. The summed E-state index contributed by atoms with van der Waals surface area (Å²) in [5.41, 5.74) is 2.69. The van der Waals surface area contributed by atoms with Crippen molar-refractivity contribution in [1.29, 1.82) is 0 Å². The van der Waals surface area contributed by atoms with Crippen LogP contribution in [0.15, 0.2) is 45.9 Å². The van der Waals surface area contributed by atoms with Gasteiger partial charge in [-0.25, -0.2) is 0 Å². The van der Waals surface area contributed by atoms with Crippen molar-refractivity contribution in [2.75, 3.05) is 0 Å². The number of hydrogen-bond acceptors (Lipinski definition) is 3. The van der Waals surface area contributed by atoms with E-state index in [1.165, 1.54) is 12.1 Å². The van der Waals surface area contributed by atoms with Gasteiger partial charge in [0.15, 0.2) is 11.5 Å². The van der Waals surface area contributed by atoms with Crippen LogP contribution in [-0.4, -0.2) is 16.4 Å². The van der Waals surface area contributed by atoms with Crippen LogP contribution in [-0.2, 0) is 0 Å². The first-order valence-electron chi connectivity index (χ1n) is 5.38. The van der Waals surface area contributed by atoms with E-state index in [1.54, 1.807) is 12.3 Å². The summed E-state index contributed by atoms with van der Waals surface area (Å²) in [7, 11) is 0. The van der Waals surface area contributed by atoms with Crippen LogP contribution < -0.4 is 0 Å². The summed E-state index contributed by atoms with van der Waals surface area (Å²) in [5.74, 6) is -0.283. The molecule has 0 aliphatic rings. The molecule has 0 unspecified atom stereocenters. The zero-order valence-electron chi connectivity index (χ0n) is 9.76. The Balaban J connectivity index is 2.24. The molecule has 3 nitrogen and oxygen atoms in total. The molecule has 2 rings (SSSR count). The Morgan fingerprint density at radius 2 is 1.83 bits per heavy atom. The average molecular weight is 306 g/mol. The Morgan fingerprint density at radius 1 is 1.06 bits per heavy atom. The lowest BCUT2D eigenvalue weighted by atomic mass is 10.2. The first-order chi connectivity index (χ1) is 8.56. The number of aromatic hydroxyl groups is 2. The van der Waals surface area contributed by atoms with Gasteiger partial charge in [0.25, 0.3) is 0 Å². The van der Waals surface area contributed by atoms with Gasteiger partial charge in [0.05, 0.1) is 5.69 Å². The van der Waals surface area contributed by atoms with Crippen LogP contribution in [0.5, 0.6) is 11.5 Å². The van der Waals surface area contributed by atoms with Gasteiger partial charge in [0, 0.05) is 10.7 Å². The van der Waals surface area contributed by atoms with E-state index in [-0.39, 0.29) is 11.5 Å². The topological polar surface area (TPSA) is 52.8 Å². The van der Waals surface area contributed by atoms with Crippen molar-refractivity contribution in [3.63, 3.8) is 0 Å². The molecule has 18 heavy (non-hydrogen) atoms. The van der Waals surface area contributed by atoms with Gasteiger partial charge in [-0.2, -0.15) is 0 Å². The molecule has 0 aliphatic heterocycles. The first kappa shape index (κ1) is 12.6. The minimum Gasteiger partial charge on any atom is -0.504 e. The number of rotatable bonds is 2. The number of phenolic OH excluding ortho intramolecular Hbond substituents is 2. The predicted octanol–water partition coefficient (Wildman–Crippen LogP) is 3.92. The van der Waals surface area contributed by atoms with Crippen molar-refractivity contribution in [2.45, 2.75) is 6.92 Å². The third kappa shape index (κ3) is 2.90. The van der Waals surface area contributed by atoms with Crippen molar-refractivity contribution >= 4 is 27.8 Å². The lowest BCUT2D eigenvalue weighted by Gasteiger charge is -2.00. The monoisotopic (exact) mass is 305 g/mol. The van der Waals surface area contributed by atoms with Crippen LogP contribution in [0.3, 0.4) is 0 Å². The van der Waals surface area contributed by atoms with Crippen LogP contribution >= 0.6 is 15.9 Å². The van der Waals surface area contributed by atoms with Gasteiger partial charge in [0.1, 0.15) is 0 Å². The van der Waals surface area contributed by atoms with Crippen LogP contribution in [0.25, 0.3) is 0 Å². The molecule has 0 saturated carbocycles. The van der Waals surface area contributed by atoms with E-state index in [4.69, 9.17) is 0 Å². The number of aliphatic imine (C=N–C) groups is 1. The quantitative estimate of drug-likeness (QED) is 0.652. The second-order valence-corrected chi connectivity index (χ2v) is 4.79. The molecule has 0 aromatic heterocycles. The standard InChI is InChI=1S/C14H12BrNO2/c1-9-2-4-11(7-12(9)15)16-8-10-3-5-13(17)14(18)6-10/h2-8,17-18H,1H3. The highest BCUT2D eigenvalue weighted by Gasteiger charge is 1.99. The third-order valence-corrected chi connectivity index (χ3v) is 3.37. The maximum Gasteiger partial charge on any atom is 0.158 e. The van der Waals surface area contributed by atoms with Crippen molar-refractivity contribution in [3.05, 3.63) is 52.0 Å². The zero-order chi connectivity index (χ0) is 13.1. The molecule has 0 atom stereocenters. The molecular weight excluding hydrogens is 294 g/mol. The summed E-state index contributed by atoms with van der Waals surface area (Å²) < 4.78 is 1.01. The van der Waals surface area contributed by atoms with Crippen molar-refractivity contribution in [2.24, 2.45) is 4.99 Å². The largest absolute Gasteiger partial charge is 0.504 e. The minimum atomic E-state index is -0.149. The smallest absolute Gasteiger partial charge is 0.158 e. The highest BCUT2D eigenvalue weighted by atomic mass is 79.9. The molecule has 2 N–H and O–H groups in total. The van der Waals surface area contributed by atoms with E-state index in [0.29, 0.717) is 0 Å². The normalized spacial score (nSPS) is 11.0. The van der Waals surface area contributed by atoms with Crippen molar-refractivity contribution in [3.8, 4) is 11.5 Å². The average Bonchev–Trinajstić information content (AvgIpc) is 2.35. The molecule has 2 aromatic rings. The summed E-state index contributed by atoms with van der Waals surface area (Å²) >= 11 is 3.45. The Kier molecular flexibility index (Phi) is 3.67. The minimum absolute atomic E-state index is 0.134. The predicted molar refractivity (Wildman–Crippen MR) is 75.9 cm³/mol. The Morgan fingerprint density at radius 3 is 2.50 bits per heavy atom. The van der Waals surface area contributed by atoms with Crippen LogP contribution in [0.2, 0.25) is 0 Å². The SMILES string of the molecule is Cc1ccc(N=Cc2ccc(O)c(O)c2)cc1Br. The van der Waals surface area contributed by atoms with Crippen molar-refractivity contribution < 1.29 is 10.2 Å². The van der Waals surface area contributed by atoms with Crippen LogP contribution in [0.1, 0.15) is 11.1 Å². The Bertz CT molecular complexity index is 555. The van der Waals surface area contributed by atoms with Gasteiger partial charge in [-0.1, -0.05) is 22.0 Å². The van der Waals surface area contributed by atoms with Gasteiger partial charge >= 0.3 is 0 Å². The fourth-order valence-electron chi connectivity index (χ4n) is 1.43. The molecule has 4 heteroatoms. The van der Waals surface area contributed by atoms with Crippen LogP contribution in [0, 0.1) is 6.92 Å². The molecular formula is C14H12BrNO2. The number of hydrogen-bond donors (Lipinski definition) is 2. The molecule has 0 spiro atoms. The molecule has 0 aliphatic carbocycles. The summed E-state index contributed by atoms with van der Waals surface area (Å²) in [6.45, 7) is 2.01.